The number of imidazole rings is 1. The van der Waals surface area contributed by atoms with Crippen molar-refractivity contribution in [1.29, 1.82) is 0 Å². The highest BCUT2D eigenvalue weighted by Crippen LogP contribution is 2.31. The number of fused-ring (bicyclic) bond motifs is 1. The van der Waals surface area contributed by atoms with Gasteiger partial charge in [0.15, 0.2) is 0 Å². The number of carboxylic acids is 1. The first-order valence-electron chi connectivity index (χ1n) is 8.78. The molecule has 0 aliphatic rings. The molecule has 0 radical (unpaired) electrons. The molecular weight excluding hydrogens is 439 g/mol. The summed E-state index contributed by atoms with van der Waals surface area (Å²) in [5, 5.41) is 13.9. The van der Waals surface area contributed by atoms with E-state index >= 15 is 0 Å². The fraction of sp³-hybridized carbons (Fsp3) is 0.222. The highest BCUT2D eigenvalue weighted by molar-refractivity contribution is 7.90. The second-order valence-electron chi connectivity index (χ2n) is 6.77. The number of anilines is 1. The van der Waals surface area contributed by atoms with E-state index in [2.05, 4.69) is 9.97 Å². The maximum atomic E-state index is 12.9. The van der Waals surface area contributed by atoms with Gasteiger partial charge in [0.2, 0.25) is 0 Å². The summed E-state index contributed by atoms with van der Waals surface area (Å²) in [6.45, 7) is -0.837. The van der Waals surface area contributed by atoms with E-state index in [0.717, 1.165) is 12.1 Å². The highest BCUT2D eigenvalue weighted by Gasteiger charge is 2.31. The number of nitrogens with zero attached hydrogens (tertiary/aromatic N) is 2. The van der Waals surface area contributed by atoms with E-state index in [1.807, 2.05) is 0 Å². The monoisotopic (exact) mass is 457 g/mol. The zero-order valence-electron chi connectivity index (χ0n) is 15.8. The average molecular weight is 457 g/mol. The topological polar surface area (TPSA) is 155 Å². The number of aromatic nitrogens is 2. The van der Waals surface area contributed by atoms with Crippen molar-refractivity contribution in [2.75, 3.05) is 10.8 Å². The molecule has 0 unspecified atom stereocenters. The quantitative estimate of drug-likeness (QED) is 0.425. The fourth-order valence-corrected chi connectivity index (χ4v) is 3.69. The van der Waals surface area contributed by atoms with E-state index in [1.54, 1.807) is 12.1 Å². The first kappa shape index (κ1) is 22.5. The zero-order chi connectivity index (χ0) is 23.0. The number of carboxylic acid groups (broad SMARTS) is 1. The van der Waals surface area contributed by atoms with Crippen LogP contribution in [0.4, 0.5) is 18.9 Å². The van der Waals surface area contributed by atoms with Crippen LogP contribution in [0.15, 0.2) is 42.5 Å². The first-order chi connectivity index (χ1) is 14.3. The normalized spacial score (nSPS) is 13.3. The standard InChI is InChI=1S/C18H18F3N5O4S/c19-18(20,21)11-3-6-14-15(8-11)25-17(24-14)13(22)7-10-1-4-12(5-2-10)26(9-16(27)28)31(23,29)30/h1-6,8,13H,7,9,22H2,(H,24,25)(H,27,28)(H2,23,29,30)/t13-/m0/s1. The molecule has 3 aromatic rings. The lowest BCUT2D eigenvalue weighted by Gasteiger charge is -2.20. The number of benzene rings is 2. The van der Waals surface area contributed by atoms with Gasteiger partial charge in [-0.2, -0.15) is 21.6 Å². The van der Waals surface area contributed by atoms with E-state index in [9.17, 15) is 26.4 Å². The van der Waals surface area contributed by atoms with Gasteiger partial charge in [0.1, 0.15) is 12.4 Å². The minimum Gasteiger partial charge on any atom is -0.480 e. The molecule has 13 heteroatoms. The van der Waals surface area contributed by atoms with Gasteiger partial charge in [-0.1, -0.05) is 12.1 Å². The molecule has 1 aromatic heterocycles. The SMILES string of the molecule is N[C@@H](Cc1ccc(N(CC(=O)O)S(N)(=O)=O)cc1)c1nc2ccc(C(F)(F)F)cc2[nH]1. The predicted molar refractivity (Wildman–Crippen MR) is 106 cm³/mol. The number of hydrogen-bond acceptors (Lipinski definition) is 5. The molecule has 0 amide bonds. The number of nitrogens with one attached hydrogen (secondary N) is 1. The second-order valence-corrected chi connectivity index (χ2v) is 8.24. The third kappa shape index (κ3) is 5.31. The number of aliphatic carboxylic acids is 1. The average Bonchev–Trinajstić information content (AvgIpc) is 3.09. The van der Waals surface area contributed by atoms with Gasteiger partial charge in [-0.05, 0) is 42.3 Å². The van der Waals surface area contributed by atoms with Crippen LogP contribution in [0, 0.1) is 0 Å². The van der Waals surface area contributed by atoms with E-state index in [1.165, 1.54) is 18.2 Å². The lowest BCUT2D eigenvalue weighted by Crippen LogP contribution is -2.40. The maximum Gasteiger partial charge on any atom is 0.416 e. The van der Waals surface area contributed by atoms with Crippen LogP contribution in [0.5, 0.6) is 0 Å². The van der Waals surface area contributed by atoms with Crippen molar-refractivity contribution < 1.29 is 31.5 Å². The summed E-state index contributed by atoms with van der Waals surface area (Å²) < 4.78 is 62.4. The Hall–Kier alpha value is -3.16. The van der Waals surface area contributed by atoms with Crippen molar-refractivity contribution >= 4 is 32.9 Å². The maximum absolute atomic E-state index is 12.9. The van der Waals surface area contributed by atoms with Crippen molar-refractivity contribution in [2.45, 2.75) is 18.6 Å². The molecule has 0 bridgehead atoms. The number of H-pyrrole nitrogens is 1. The Labute approximate surface area is 174 Å². The molecule has 2 aromatic carbocycles. The molecule has 166 valence electrons. The largest absolute Gasteiger partial charge is 0.480 e. The molecule has 0 saturated heterocycles. The molecule has 3 rings (SSSR count). The summed E-state index contributed by atoms with van der Waals surface area (Å²) in [5.74, 6) is -1.09. The van der Waals surface area contributed by atoms with Crippen LogP contribution in [-0.4, -0.2) is 36.0 Å². The number of hydrogen-bond donors (Lipinski definition) is 4. The van der Waals surface area contributed by atoms with Crippen LogP contribution < -0.4 is 15.2 Å². The summed E-state index contributed by atoms with van der Waals surface area (Å²) >= 11 is 0. The lowest BCUT2D eigenvalue weighted by atomic mass is 10.1. The molecule has 1 atom stereocenters. The van der Waals surface area contributed by atoms with Gasteiger partial charge >= 0.3 is 12.1 Å². The van der Waals surface area contributed by atoms with Crippen LogP contribution in [0.1, 0.15) is 23.0 Å². The Morgan fingerprint density at radius 2 is 1.84 bits per heavy atom. The third-order valence-electron chi connectivity index (χ3n) is 4.44. The van der Waals surface area contributed by atoms with Gasteiger partial charge in [-0.15, -0.1) is 0 Å². The molecule has 0 aliphatic carbocycles. The Kier molecular flexibility index (Phi) is 5.93. The molecular formula is C18H18F3N5O4S. The minimum atomic E-state index is -4.48. The van der Waals surface area contributed by atoms with Gasteiger partial charge in [-0.3, -0.25) is 4.79 Å². The van der Waals surface area contributed by atoms with Crippen LogP contribution in [0.3, 0.4) is 0 Å². The molecule has 1 heterocycles. The first-order valence-corrected chi connectivity index (χ1v) is 10.3. The third-order valence-corrected chi connectivity index (χ3v) is 5.40. The van der Waals surface area contributed by atoms with Crippen LogP contribution in [0.25, 0.3) is 11.0 Å². The van der Waals surface area contributed by atoms with Crippen LogP contribution in [-0.2, 0) is 27.6 Å². The molecule has 0 saturated carbocycles. The van der Waals surface area contributed by atoms with Crippen molar-refractivity contribution in [2.24, 2.45) is 10.9 Å². The number of aromatic amines is 1. The van der Waals surface area contributed by atoms with E-state index in [4.69, 9.17) is 16.0 Å². The van der Waals surface area contributed by atoms with Crippen molar-refractivity contribution in [3.63, 3.8) is 0 Å². The number of halogens is 3. The predicted octanol–water partition coefficient (Wildman–Crippen LogP) is 1.92. The minimum absolute atomic E-state index is 0.0608. The van der Waals surface area contributed by atoms with Crippen molar-refractivity contribution in [3.8, 4) is 0 Å². The summed E-state index contributed by atoms with van der Waals surface area (Å²) in [7, 11) is -4.29. The zero-order valence-corrected chi connectivity index (χ0v) is 16.6. The Balaban J connectivity index is 1.79. The van der Waals surface area contributed by atoms with Crippen LogP contribution >= 0.6 is 0 Å². The summed E-state index contributed by atoms with van der Waals surface area (Å²) in [4.78, 5) is 17.9. The van der Waals surface area contributed by atoms with E-state index in [-0.39, 0.29) is 23.4 Å². The number of carbonyl (C=O) groups is 1. The summed E-state index contributed by atoms with van der Waals surface area (Å²) in [5.41, 5.74) is 6.59. The van der Waals surface area contributed by atoms with Gasteiger partial charge in [0.25, 0.3) is 10.2 Å². The van der Waals surface area contributed by atoms with Gasteiger partial charge in [-0.25, -0.2) is 14.4 Å². The molecule has 0 aliphatic heterocycles. The lowest BCUT2D eigenvalue weighted by molar-refractivity contribution is -0.137. The summed E-state index contributed by atoms with van der Waals surface area (Å²) in [6.07, 6.45) is -4.24. The molecule has 9 nitrogen and oxygen atoms in total. The van der Waals surface area contributed by atoms with Gasteiger partial charge in [0, 0.05) is 0 Å². The fourth-order valence-electron chi connectivity index (χ4n) is 2.98. The van der Waals surface area contributed by atoms with Crippen molar-refractivity contribution in [3.05, 3.63) is 59.4 Å². The number of alkyl halides is 3. The second kappa shape index (κ2) is 8.17. The molecule has 0 spiro atoms. The van der Waals surface area contributed by atoms with Gasteiger partial charge < -0.3 is 15.8 Å². The Morgan fingerprint density at radius 3 is 2.39 bits per heavy atom. The number of nitrogens with two attached hydrogens (primary N) is 2. The number of rotatable bonds is 7. The Bertz CT molecular complexity index is 1210. The molecule has 6 N–H and O–H groups in total. The van der Waals surface area contributed by atoms with E-state index in [0.29, 0.717) is 15.4 Å². The van der Waals surface area contributed by atoms with E-state index < -0.39 is 40.5 Å². The highest BCUT2D eigenvalue weighted by atomic mass is 32.2. The Morgan fingerprint density at radius 1 is 1.19 bits per heavy atom. The molecule has 31 heavy (non-hydrogen) atoms. The van der Waals surface area contributed by atoms with Crippen LogP contribution in [0.2, 0.25) is 0 Å². The smallest absolute Gasteiger partial charge is 0.416 e. The van der Waals surface area contributed by atoms with Gasteiger partial charge in [0.05, 0.1) is 28.3 Å². The summed E-state index contributed by atoms with van der Waals surface area (Å²) in [6, 6.07) is 8.31. The van der Waals surface area contributed by atoms with Crippen molar-refractivity contribution in [1.82, 2.24) is 9.97 Å². The molecule has 0 fully saturated rings.